The molecule has 7 nitrogen and oxygen atoms in total. The van der Waals surface area contributed by atoms with E-state index in [9.17, 15) is 22.4 Å². The maximum atomic E-state index is 12.8. The fraction of sp³-hybridized carbons (Fsp3) is 0.467. The first kappa shape index (κ1) is 20.0. The summed E-state index contributed by atoms with van der Waals surface area (Å²) in [6.45, 7) is 3.26. The lowest BCUT2D eigenvalue weighted by atomic mass is 9.98. The number of hydrogen-bond acceptors (Lipinski definition) is 4. The van der Waals surface area contributed by atoms with E-state index in [0.29, 0.717) is 0 Å². The number of sulfonamides is 1. The second-order valence-electron chi connectivity index (χ2n) is 5.93. The fourth-order valence-electron chi connectivity index (χ4n) is 1.92. The molecule has 0 heterocycles. The SMILES string of the molecule is CC(C)(CCC(=O)O)NC(=O)CCNS(=O)(=O)c1ccc(F)cc1. The molecular weight excluding hydrogens is 339 g/mol. The van der Waals surface area contributed by atoms with E-state index in [2.05, 4.69) is 10.0 Å². The molecule has 0 aliphatic heterocycles. The summed E-state index contributed by atoms with van der Waals surface area (Å²) in [6, 6.07) is 4.33. The van der Waals surface area contributed by atoms with Crippen molar-refractivity contribution >= 4 is 21.9 Å². The summed E-state index contributed by atoms with van der Waals surface area (Å²) in [5.74, 6) is -1.89. The number of carboxylic acid groups (broad SMARTS) is 1. The summed E-state index contributed by atoms with van der Waals surface area (Å²) < 4.78 is 39.0. The highest BCUT2D eigenvalue weighted by molar-refractivity contribution is 7.89. The Morgan fingerprint density at radius 2 is 1.75 bits per heavy atom. The Balaban J connectivity index is 2.47. The molecule has 24 heavy (non-hydrogen) atoms. The molecule has 0 fully saturated rings. The van der Waals surface area contributed by atoms with Crippen LogP contribution in [0.2, 0.25) is 0 Å². The highest BCUT2D eigenvalue weighted by Crippen LogP contribution is 2.12. The predicted molar refractivity (Wildman–Crippen MR) is 85.3 cm³/mol. The number of aliphatic carboxylic acids is 1. The number of amides is 1. The number of carbonyl (C=O) groups is 2. The Kier molecular flexibility index (Phi) is 6.85. The van der Waals surface area contributed by atoms with Gasteiger partial charge in [0.2, 0.25) is 15.9 Å². The van der Waals surface area contributed by atoms with Gasteiger partial charge in [-0.2, -0.15) is 0 Å². The first-order valence-electron chi connectivity index (χ1n) is 7.30. The van der Waals surface area contributed by atoms with E-state index in [0.717, 1.165) is 24.3 Å². The van der Waals surface area contributed by atoms with Gasteiger partial charge in [-0.25, -0.2) is 17.5 Å². The summed E-state index contributed by atoms with van der Waals surface area (Å²) >= 11 is 0. The average molecular weight is 360 g/mol. The zero-order chi connectivity index (χ0) is 18.4. The molecule has 1 aromatic carbocycles. The lowest BCUT2D eigenvalue weighted by molar-refractivity contribution is -0.137. The zero-order valence-corrected chi connectivity index (χ0v) is 14.3. The molecule has 0 aliphatic rings. The third kappa shape index (κ3) is 7.05. The topological polar surface area (TPSA) is 113 Å². The minimum absolute atomic E-state index is 0.0789. The van der Waals surface area contributed by atoms with Crippen LogP contribution in [0.5, 0.6) is 0 Å². The molecule has 9 heteroatoms. The van der Waals surface area contributed by atoms with Crippen molar-refractivity contribution in [1.29, 1.82) is 0 Å². The first-order chi connectivity index (χ1) is 11.0. The summed E-state index contributed by atoms with van der Waals surface area (Å²) in [5, 5.41) is 11.3. The standard InChI is InChI=1S/C15H21FN2O5S/c1-15(2,9-7-14(20)21)18-13(19)8-10-17-24(22,23)12-5-3-11(16)4-6-12/h3-6,17H,7-10H2,1-2H3,(H,18,19)(H,20,21). The number of nitrogens with one attached hydrogen (secondary N) is 2. The summed E-state index contributed by atoms with van der Waals surface area (Å²) in [4.78, 5) is 22.3. The molecule has 0 aliphatic carbocycles. The van der Waals surface area contributed by atoms with Crippen LogP contribution in [0, 0.1) is 5.82 Å². The van der Waals surface area contributed by atoms with Gasteiger partial charge in [-0.05, 0) is 44.5 Å². The molecule has 0 saturated heterocycles. The van der Waals surface area contributed by atoms with Crippen LogP contribution in [0.3, 0.4) is 0 Å². The lowest BCUT2D eigenvalue weighted by Gasteiger charge is -2.25. The second-order valence-corrected chi connectivity index (χ2v) is 7.69. The van der Waals surface area contributed by atoms with Crippen molar-refractivity contribution in [2.45, 2.75) is 43.5 Å². The Bertz CT molecular complexity index is 686. The molecule has 0 atom stereocenters. The van der Waals surface area contributed by atoms with Gasteiger partial charge >= 0.3 is 5.97 Å². The quantitative estimate of drug-likeness (QED) is 0.613. The van der Waals surface area contributed by atoms with Crippen LogP contribution in [-0.2, 0) is 19.6 Å². The molecule has 3 N–H and O–H groups in total. The summed E-state index contributed by atoms with van der Waals surface area (Å²) in [7, 11) is -3.81. The van der Waals surface area contributed by atoms with Gasteiger partial charge in [-0.15, -0.1) is 0 Å². The van der Waals surface area contributed by atoms with E-state index < -0.39 is 33.3 Å². The summed E-state index contributed by atoms with van der Waals surface area (Å²) in [6.07, 6.45) is 0.0801. The van der Waals surface area contributed by atoms with Crippen molar-refractivity contribution in [3.05, 3.63) is 30.1 Å². The Morgan fingerprint density at radius 1 is 1.17 bits per heavy atom. The largest absolute Gasteiger partial charge is 0.481 e. The molecule has 0 bridgehead atoms. The van der Waals surface area contributed by atoms with E-state index in [4.69, 9.17) is 5.11 Å². The van der Waals surface area contributed by atoms with Crippen LogP contribution in [0.1, 0.15) is 33.1 Å². The second kappa shape index (κ2) is 8.20. The van der Waals surface area contributed by atoms with E-state index in [1.54, 1.807) is 13.8 Å². The minimum Gasteiger partial charge on any atom is -0.481 e. The molecule has 0 unspecified atom stereocenters. The molecular formula is C15H21FN2O5S. The van der Waals surface area contributed by atoms with Gasteiger partial charge in [0, 0.05) is 24.9 Å². The first-order valence-corrected chi connectivity index (χ1v) is 8.78. The fourth-order valence-corrected chi connectivity index (χ4v) is 2.95. The van der Waals surface area contributed by atoms with Crippen LogP contribution in [0.25, 0.3) is 0 Å². The minimum atomic E-state index is -3.81. The van der Waals surface area contributed by atoms with Gasteiger partial charge in [-0.3, -0.25) is 9.59 Å². The van der Waals surface area contributed by atoms with Crippen LogP contribution >= 0.6 is 0 Å². The number of rotatable bonds is 9. The lowest BCUT2D eigenvalue weighted by Crippen LogP contribution is -2.44. The summed E-state index contributed by atoms with van der Waals surface area (Å²) in [5.41, 5.74) is -0.703. The maximum Gasteiger partial charge on any atom is 0.303 e. The van der Waals surface area contributed by atoms with Gasteiger partial charge in [0.05, 0.1) is 4.90 Å². The third-order valence-electron chi connectivity index (χ3n) is 3.21. The van der Waals surface area contributed by atoms with Crippen molar-refractivity contribution in [1.82, 2.24) is 10.0 Å². The Morgan fingerprint density at radius 3 is 2.29 bits per heavy atom. The number of benzene rings is 1. The van der Waals surface area contributed by atoms with E-state index >= 15 is 0 Å². The van der Waals surface area contributed by atoms with Crippen molar-refractivity contribution in [2.24, 2.45) is 0 Å². The van der Waals surface area contributed by atoms with Crippen LogP contribution in [-0.4, -0.2) is 37.5 Å². The van der Waals surface area contributed by atoms with Crippen molar-refractivity contribution in [2.75, 3.05) is 6.54 Å². The highest BCUT2D eigenvalue weighted by atomic mass is 32.2. The highest BCUT2D eigenvalue weighted by Gasteiger charge is 2.22. The van der Waals surface area contributed by atoms with Gasteiger partial charge in [0.1, 0.15) is 5.82 Å². The zero-order valence-electron chi connectivity index (χ0n) is 13.5. The van der Waals surface area contributed by atoms with Crippen LogP contribution in [0.15, 0.2) is 29.2 Å². The van der Waals surface area contributed by atoms with Crippen molar-refractivity contribution < 1.29 is 27.5 Å². The molecule has 0 aromatic heterocycles. The Labute approximate surface area is 140 Å². The van der Waals surface area contributed by atoms with Crippen LogP contribution in [0.4, 0.5) is 4.39 Å². The normalized spacial score (nSPS) is 12.0. The monoisotopic (exact) mass is 360 g/mol. The van der Waals surface area contributed by atoms with Gasteiger partial charge in [-0.1, -0.05) is 0 Å². The number of hydrogen-bond donors (Lipinski definition) is 3. The molecule has 0 radical (unpaired) electrons. The molecule has 1 rings (SSSR count). The van der Waals surface area contributed by atoms with E-state index in [1.807, 2.05) is 0 Å². The van der Waals surface area contributed by atoms with Crippen LogP contribution < -0.4 is 10.0 Å². The number of carbonyl (C=O) groups excluding carboxylic acids is 1. The third-order valence-corrected chi connectivity index (χ3v) is 4.69. The number of carboxylic acids is 1. The number of halogens is 1. The van der Waals surface area contributed by atoms with Gasteiger partial charge in [0.25, 0.3) is 0 Å². The van der Waals surface area contributed by atoms with Gasteiger partial charge < -0.3 is 10.4 Å². The molecule has 0 spiro atoms. The molecule has 0 saturated carbocycles. The molecule has 134 valence electrons. The maximum absolute atomic E-state index is 12.8. The van der Waals surface area contributed by atoms with E-state index in [-0.39, 0.29) is 30.7 Å². The predicted octanol–water partition coefficient (Wildman–Crippen LogP) is 1.25. The smallest absolute Gasteiger partial charge is 0.303 e. The average Bonchev–Trinajstić information content (AvgIpc) is 2.45. The van der Waals surface area contributed by atoms with E-state index in [1.165, 1.54) is 0 Å². The molecule has 1 aromatic rings. The van der Waals surface area contributed by atoms with Crippen molar-refractivity contribution in [3.8, 4) is 0 Å². The van der Waals surface area contributed by atoms with Gasteiger partial charge in [0.15, 0.2) is 0 Å². The Hall–Kier alpha value is -2.00. The molecule has 1 amide bonds. The van der Waals surface area contributed by atoms with Crippen molar-refractivity contribution in [3.63, 3.8) is 0 Å².